The molecule has 0 spiro atoms. The predicted molar refractivity (Wildman–Crippen MR) is 94.8 cm³/mol. The molecule has 2 atom stereocenters. The van der Waals surface area contributed by atoms with E-state index in [-0.39, 0.29) is 0 Å². The molecule has 0 amide bonds. The average molecular weight is 367 g/mol. The Morgan fingerprint density at radius 2 is 1.52 bits per heavy atom. The van der Waals surface area contributed by atoms with Crippen LogP contribution in [0, 0.1) is 0 Å². The molecule has 0 bridgehead atoms. The number of hydrogen-bond acceptors (Lipinski definition) is 1. The summed E-state index contributed by atoms with van der Waals surface area (Å²) in [6, 6.07) is 17.3. The van der Waals surface area contributed by atoms with Gasteiger partial charge in [0.15, 0.2) is 0 Å². The van der Waals surface area contributed by atoms with Gasteiger partial charge in [-0.1, -0.05) is 65.6 Å². The Hall–Kier alpha value is -0.830. The molecular weight excluding hydrogens is 346 g/mol. The van der Waals surface area contributed by atoms with Crippen molar-refractivity contribution in [3.05, 3.63) is 69.2 Å². The Balaban J connectivity index is 2.19. The van der Waals surface area contributed by atoms with Crippen LogP contribution in [0.4, 0.5) is 0 Å². The Kier molecular flexibility index (Phi) is 6.28. The molecule has 2 aromatic rings. The maximum atomic E-state index is 6.12. The first-order valence-electron chi connectivity index (χ1n) is 7.41. The molecule has 0 aliphatic rings. The highest BCUT2D eigenvalue weighted by Gasteiger charge is 2.16. The third-order valence-electron chi connectivity index (χ3n) is 3.72. The van der Waals surface area contributed by atoms with E-state index >= 15 is 0 Å². The topological polar surface area (TPSA) is 12.0 Å². The molecule has 0 saturated carbocycles. The maximum absolute atomic E-state index is 6.12. The van der Waals surface area contributed by atoms with E-state index in [1.165, 1.54) is 11.1 Å². The van der Waals surface area contributed by atoms with Crippen molar-refractivity contribution in [3.63, 3.8) is 0 Å². The molecule has 0 aliphatic heterocycles. The third-order valence-corrected chi connectivity index (χ3v) is 4.45. The summed E-state index contributed by atoms with van der Waals surface area (Å²) in [7, 11) is 0. The number of rotatable bonds is 6. The zero-order chi connectivity index (χ0) is 15.2. The van der Waals surface area contributed by atoms with Gasteiger partial charge in [-0.2, -0.15) is 0 Å². The maximum Gasteiger partial charge on any atom is 0.0409 e. The largest absolute Gasteiger partial charge is 0.303 e. The predicted octanol–water partition coefficient (Wildman–Crippen LogP) is 6.29. The van der Waals surface area contributed by atoms with Gasteiger partial charge in [-0.3, -0.25) is 0 Å². The standard InChI is InChI=1S/C18H21BrClN/c1-3-17(13-7-5-9-15(19)11-13)21-18(4-2)14-8-6-10-16(20)12-14/h5-12,17-18,21H,3-4H2,1-2H3. The van der Waals surface area contributed by atoms with Gasteiger partial charge < -0.3 is 5.32 Å². The van der Waals surface area contributed by atoms with E-state index in [9.17, 15) is 0 Å². The second-order valence-corrected chi connectivity index (χ2v) is 6.55. The summed E-state index contributed by atoms with van der Waals surface area (Å²) in [6.45, 7) is 4.41. The van der Waals surface area contributed by atoms with Crippen LogP contribution in [0.5, 0.6) is 0 Å². The van der Waals surface area contributed by atoms with Gasteiger partial charge in [-0.05, 0) is 48.2 Å². The van der Waals surface area contributed by atoms with Crippen LogP contribution in [-0.2, 0) is 0 Å². The highest BCUT2D eigenvalue weighted by Crippen LogP contribution is 2.27. The molecule has 1 nitrogen and oxygen atoms in total. The third kappa shape index (κ3) is 4.57. The van der Waals surface area contributed by atoms with Crippen molar-refractivity contribution in [2.24, 2.45) is 0 Å². The smallest absolute Gasteiger partial charge is 0.0409 e. The van der Waals surface area contributed by atoms with Crippen LogP contribution in [0.15, 0.2) is 53.0 Å². The summed E-state index contributed by atoms with van der Waals surface area (Å²) in [5, 5.41) is 4.56. The normalized spacial score (nSPS) is 13.9. The van der Waals surface area contributed by atoms with E-state index < -0.39 is 0 Å². The first kappa shape index (κ1) is 16.5. The highest BCUT2D eigenvalue weighted by molar-refractivity contribution is 9.10. The van der Waals surface area contributed by atoms with Crippen molar-refractivity contribution >= 4 is 27.5 Å². The van der Waals surface area contributed by atoms with Crippen molar-refractivity contribution < 1.29 is 0 Å². The van der Waals surface area contributed by atoms with Gasteiger partial charge in [0, 0.05) is 21.6 Å². The molecule has 0 saturated heterocycles. The first-order valence-corrected chi connectivity index (χ1v) is 8.58. The van der Waals surface area contributed by atoms with Crippen molar-refractivity contribution in [1.29, 1.82) is 0 Å². The lowest BCUT2D eigenvalue weighted by Gasteiger charge is -2.25. The molecule has 2 aromatic carbocycles. The van der Waals surface area contributed by atoms with Gasteiger partial charge in [-0.15, -0.1) is 0 Å². The van der Waals surface area contributed by atoms with Gasteiger partial charge in [0.25, 0.3) is 0 Å². The van der Waals surface area contributed by atoms with E-state index in [1.807, 2.05) is 12.1 Å². The number of hydrogen-bond donors (Lipinski definition) is 1. The number of nitrogens with one attached hydrogen (secondary N) is 1. The summed E-state index contributed by atoms with van der Waals surface area (Å²) in [4.78, 5) is 0. The second kappa shape index (κ2) is 7.98. The Morgan fingerprint density at radius 3 is 2.05 bits per heavy atom. The van der Waals surface area contributed by atoms with Gasteiger partial charge >= 0.3 is 0 Å². The highest BCUT2D eigenvalue weighted by atomic mass is 79.9. The van der Waals surface area contributed by atoms with Gasteiger partial charge in [-0.25, -0.2) is 0 Å². The second-order valence-electron chi connectivity index (χ2n) is 5.20. The van der Waals surface area contributed by atoms with Crippen LogP contribution < -0.4 is 5.32 Å². The minimum absolute atomic E-state index is 0.313. The molecule has 0 radical (unpaired) electrons. The monoisotopic (exact) mass is 365 g/mol. The molecule has 1 N–H and O–H groups in total. The molecule has 0 fully saturated rings. The fourth-order valence-electron chi connectivity index (χ4n) is 2.59. The summed E-state index contributed by atoms with van der Waals surface area (Å²) in [6.07, 6.45) is 2.08. The van der Waals surface area contributed by atoms with Crippen LogP contribution >= 0.6 is 27.5 Å². The molecule has 3 heteroatoms. The van der Waals surface area contributed by atoms with Crippen LogP contribution in [0.25, 0.3) is 0 Å². The van der Waals surface area contributed by atoms with Gasteiger partial charge in [0.2, 0.25) is 0 Å². The van der Waals surface area contributed by atoms with E-state index in [1.54, 1.807) is 0 Å². The van der Waals surface area contributed by atoms with Crippen molar-refractivity contribution in [2.45, 2.75) is 38.8 Å². The fourth-order valence-corrected chi connectivity index (χ4v) is 3.20. The summed E-state index contributed by atoms with van der Waals surface area (Å²) in [5.74, 6) is 0. The van der Waals surface area contributed by atoms with E-state index in [4.69, 9.17) is 11.6 Å². The average Bonchev–Trinajstić information content (AvgIpc) is 2.48. The van der Waals surface area contributed by atoms with Crippen LogP contribution in [0.1, 0.15) is 49.9 Å². The SMILES string of the molecule is CCC(NC(CC)c1cccc(Br)c1)c1cccc(Cl)c1. The Labute approximate surface area is 140 Å². The minimum Gasteiger partial charge on any atom is -0.303 e. The van der Waals surface area contributed by atoms with Gasteiger partial charge in [0.05, 0.1) is 0 Å². The van der Waals surface area contributed by atoms with E-state index in [0.717, 1.165) is 22.3 Å². The summed E-state index contributed by atoms with van der Waals surface area (Å²) >= 11 is 9.67. The zero-order valence-corrected chi connectivity index (χ0v) is 14.8. The van der Waals surface area contributed by atoms with Crippen LogP contribution in [-0.4, -0.2) is 0 Å². The molecule has 2 rings (SSSR count). The summed E-state index contributed by atoms with van der Waals surface area (Å²) < 4.78 is 1.12. The Bertz CT molecular complexity index is 533. The molecule has 0 heterocycles. The lowest BCUT2D eigenvalue weighted by molar-refractivity contribution is 0.426. The number of halogens is 2. The molecule has 112 valence electrons. The molecular formula is C18H21BrClN. The lowest BCUT2D eigenvalue weighted by atomic mass is 9.99. The zero-order valence-electron chi connectivity index (χ0n) is 12.4. The lowest BCUT2D eigenvalue weighted by Crippen LogP contribution is -2.25. The molecule has 0 aliphatic carbocycles. The molecule has 0 aromatic heterocycles. The van der Waals surface area contributed by atoms with Crippen molar-refractivity contribution in [1.82, 2.24) is 5.32 Å². The molecule has 21 heavy (non-hydrogen) atoms. The Morgan fingerprint density at radius 1 is 0.952 bits per heavy atom. The molecule has 2 unspecified atom stereocenters. The van der Waals surface area contributed by atoms with Crippen LogP contribution in [0.2, 0.25) is 5.02 Å². The quantitative estimate of drug-likeness (QED) is 0.633. The fraction of sp³-hybridized carbons (Fsp3) is 0.333. The van der Waals surface area contributed by atoms with Crippen LogP contribution in [0.3, 0.4) is 0 Å². The van der Waals surface area contributed by atoms with Gasteiger partial charge in [0.1, 0.15) is 0 Å². The van der Waals surface area contributed by atoms with Crippen molar-refractivity contribution in [2.75, 3.05) is 0 Å². The van der Waals surface area contributed by atoms with E-state index in [0.29, 0.717) is 12.1 Å². The minimum atomic E-state index is 0.313. The van der Waals surface area contributed by atoms with Crippen molar-refractivity contribution in [3.8, 4) is 0 Å². The van der Waals surface area contributed by atoms with E-state index in [2.05, 4.69) is 71.5 Å². The summed E-state index contributed by atoms with van der Waals surface area (Å²) in [5.41, 5.74) is 2.56. The first-order chi connectivity index (χ1) is 10.1. The number of benzene rings is 2.